The lowest BCUT2D eigenvalue weighted by molar-refractivity contribution is 0.0951. The smallest absolute Gasteiger partial charge is 0.251 e. The number of rotatable bonds is 7. The molecule has 2 heterocycles. The zero-order chi connectivity index (χ0) is 20.1. The maximum atomic E-state index is 12.4. The topological polar surface area (TPSA) is 54.5 Å². The summed E-state index contributed by atoms with van der Waals surface area (Å²) >= 11 is 0. The zero-order valence-corrected chi connectivity index (χ0v) is 16.6. The van der Waals surface area contributed by atoms with E-state index < -0.39 is 0 Å². The van der Waals surface area contributed by atoms with Crippen molar-refractivity contribution in [2.45, 2.75) is 13.0 Å². The minimum Gasteiger partial charge on any atom is -0.383 e. The first-order valence-electron chi connectivity index (χ1n) is 9.89. The van der Waals surface area contributed by atoms with Crippen molar-refractivity contribution in [3.63, 3.8) is 0 Å². The van der Waals surface area contributed by atoms with Gasteiger partial charge >= 0.3 is 0 Å². The second-order valence-electron chi connectivity index (χ2n) is 7.19. The highest BCUT2D eigenvalue weighted by molar-refractivity contribution is 5.94. The van der Waals surface area contributed by atoms with Crippen molar-refractivity contribution in [2.24, 2.45) is 0 Å². The van der Waals surface area contributed by atoms with Crippen LogP contribution in [-0.4, -0.2) is 37.7 Å². The number of nitrogens with one attached hydrogen (secondary N) is 1. The van der Waals surface area contributed by atoms with Gasteiger partial charge in [0.05, 0.1) is 6.61 Å². The number of pyridine rings is 1. The van der Waals surface area contributed by atoms with Crippen LogP contribution in [0.2, 0.25) is 0 Å². The van der Waals surface area contributed by atoms with Crippen LogP contribution in [0.5, 0.6) is 0 Å². The molecule has 5 heteroatoms. The van der Waals surface area contributed by atoms with Crippen LogP contribution in [0, 0.1) is 0 Å². The molecule has 1 aliphatic rings. The Morgan fingerprint density at radius 1 is 1.14 bits per heavy atom. The van der Waals surface area contributed by atoms with Gasteiger partial charge in [0, 0.05) is 50.4 Å². The Balaban J connectivity index is 1.42. The largest absolute Gasteiger partial charge is 0.383 e. The predicted octanol–water partition coefficient (Wildman–Crippen LogP) is 3.69. The summed E-state index contributed by atoms with van der Waals surface area (Å²) < 4.78 is 5.21. The number of benzene rings is 2. The Morgan fingerprint density at radius 2 is 1.97 bits per heavy atom. The maximum Gasteiger partial charge on any atom is 0.251 e. The summed E-state index contributed by atoms with van der Waals surface area (Å²) in [7, 11) is 1.74. The number of carbonyl (C=O) groups is 1. The van der Waals surface area contributed by atoms with Gasteiger partial charge in [-0.25, -0.2) is 0 Å². The molecule has 1 N–H and O–H groups in total. The number of carbonyl (C=O) groups excluding carboxylic acids is 1. The average Bonchev–Trinajstić information content (AvgIpc) is 3.19. The molecule has 29 heavy (non-hydrogen) atoms. The lowest BCUT2D eigenvalue weighted by atomic mass is 10.0. The summed E-state index contributed by atoms with van der Waals surface area (Å²) in [5, 5.41) is 2.94. The van der Waals surface area contributed by atoms with Crippen LogP contribution in [0.1, 0.15) is 21.5 Å². The molecule has 0 radical (unpaired) electrons. The third-order valence-electron chi connectivity index (χ3n) is 5.29. The molecule has 0 aliphatic carbocycles. The van der Waals surface area contributed by atoms with Gasteiger partial charge in [-0.15, -0.1) is 0 Å². The van der Waals surface area contributed by atoms with Gasteiger partial charge in [0.1, 0.15) is 0 Å². The Kier molecular flexibility index (Phi) is 5.86. The van der Waals surface area contributed by atoms with Crippen molar-refractivity contribution in [1.29, 1.82) is 0 Å². The fraction of sp³-hybridized carbons (Fsp3) is 0.250. The van der Waals surface area contributed by atoms with Gasteiger partial charge in [-0.1, -0.05) is 24.3 Å². The predicted molar refractivity (Wildman–Crippen MR) is 115 cm³/mol. The van der Waals surface area contributed by atoms with E-state index in [1.54, 1.807) is 19.5 Å². The summed E-state index contributed by atoms with van der Waals surface area (Å²) in [6, 6.07) is 18.2. The van der Waals surface area contributed by atoms with Crippen LogP contribution in [-0.2, 0) is 17.7 Å². The third kappa shape index (κ3) is 4.46. The summed E-state index contributed by atoms with van der Waals surface area (Å²) in [6.07, 6.45) is 4.54. The first kappa shape index (κ1) is 19.2. The number of ether oxygens (including phenoxy) is 1. The van der Waals surface area contributed by atoms with Crippen LogP contribution in [0.3, 0.4) is 0 Å². The van der Waals surface area contributed by atoms with Crippen molar-refractivity contribution in [1.82, 2.24) is 10.3 Å². The first-order chi connectivity index (χ1) is 14.2. The van der Waals surface area contributed by atoms with Crippen molar-refractivity contribution in [2.75, 3.05) is 31.7 Å². The van der Waals surface area contributed by atoms with E-state index in [1.165, 1.54) is 16.8 Å². The Hall–Kier alpha value is -3.18. The summed E-state index contributed by atoms with van der Waals surface area (Å²) in [6.45, 7) is 3.17. The number of amides is 1. The van der Waals surface area contributed by atoms with Gasteiger partial charge < -0.3 is 15.0 Å². The molecule has 0 spiro atoms. The summed E-state index contributed by atoms with van der Waals surface area (Å²) in [4.78, 5) is 18.8. The molecule has 1 aliphatic heterocycles. The second-order valence-corrected chi connectivity index (χ2v) is 7.19. The van der Waals surface area contributed by atoms with Gasteiger partial charge in [0.25, 0.3) is 5.91 Å². The van der Waals surface area contributed by atoms with E-state index in [2.05, 4.69) is 33.4 Å². The van der Waals surface area contributed by atoms with E-state index in [9.17, 15) is 4.79 Å². The molecular formula is C24H25N3O2. The van der Waals surface area contributed by atoms with Crippen molar-refractivity contribution in [3.05, 3.63) is 83.7 Å². The average molecular weight is 387 g/mol. The molecule has 3 aromatic rings. The zero-order valence-electron chi connectivity index (χ0n) is 16.6. The fourth-order valence-corrected chi connectivity index (χ4v) is 3.68. The molecule has 0 bridgehead atoms. The number of hydrogen-bond acceptors (Lipinski definition) is 4. The molecule has 5 nitrogen and oxygen atoms in total. The number of fused-ring (bicyclic) bond motifs is 1. The Bertz CT molecular complexity index is 971. The summed E-state index contributed by atoms with van der Waals surface area (Å²) in [5.74, 6) is -0.0804. The SMILES string of the molecule is COCCN1CCc2cc(-c3ccc(C(=O)NCc4cccnc4)cc3)ccc21. The highest BCUT2D eigenvalue weighted by atomic mass is 16.5. The quantitative estimate of drug-likeness (QED) is 0.672. The van der Waals surface area contributed by atoms with E-state index in [1.807, 2.05) is 36.4 Å². The van der Waals surface area contributed by atoms with Gasteiger partial charge in [-0.3, -0.25) is 9.78 Å². The lowest BCUT2D eigenvalue weighted by Gasteiger charge is -2.19. The van der Waals surface area contributed by atoms with Crippen LogP contribution in [0.4, 0.5) is 5.69 Å². The van der Waals surface area contributed by atoms with Gasteiger partial charge in [-0.05, 0) is 59.0 Å². The number of anilines is 1. The molecule has 0 atom stereocenters. The standard InChI is InChI=1S/C24H25N3O2/c1-29-14-13-27-12-10-22-15-21(8-9-23(22)27)19-4-6-20(7-5-19)24(28)26-17-18-3-2-11-25-16-18/h2-9,11,15-16H,10,12-14,17H2,1H3,(H,26,28). The van der Waals surface area contributed by atoms with Crippen LogP contribution >= 0.6 is 0 Å². The Morgan fingerprint density at radius 3 is 2.72 bits per heavy atom. The molecule has 4 rings (SSSR count). The fourth-order valence-electron chi connectivity index (χ4n) is 3.68. The first-order valence-corrected chi connectivity index (χ1v) is 9.89. The number of methoxy groups -OCH3 is 1. The van der Waals surface area contributed by atoms with Crippen molar-refractivity contribution < 1.29 is 9.53 Å². The second kappa shape index (κ2) is 8.88. The maximum absolute atomic E-state index is 12.4. The van der Waals surface area contributed by atoms with Crippen molar-refractivity contribution in [3.8, 4) is 11.1 Å². The molecule has 2 aromatic carbocycles. The van der Waals surface area contributed by atoms with E-state index in [0.717, 1.165) is 37.2 Å². The number of hydrogen-bond donors (Lipinski definition) is 1. The third-order valence-corrected chi connectivity index (χ3v) is 5.29. The molecule has 0 saturated heterocycles. The van der Waals surface area contributed by atoms with E-state index in [-0.39, 0.29) is 5.91 Å². The molecule has 0 unspecified atom stereocenters. The van der Waals surface area contributed by atoms with Gasteiger partial charge in [0.15, 0.2) is 0 Å². The highest BCUT2D eigenvalue weighted by Crippen LogP contribution is 2.32. The molecular weight excluding hydrogens is 362 g/mol. The molecule has 148 valence electrons. The lowest BCUT2D eigenvalue weighted by Crippen LogP contribution is -2.24. The van der Waals surface area contributed by atoms with Crippen LogP contribution in [0.15, 0.2) is 67.0 Å². The van der Waals surface area contributed by atoms with Gasteiger partial charge in [-0.2, -0.15) is 0 Å². The van der Waals surface area contributed by atoms with Gasteiger partial charge in [0.2, 0.25) is 0 Å². The molecule has 1 aromatic heterocycles. The van der Waals surface area contributed by atoms with Crippen LogP contribution in [0.25, 0.3) is 11.1 Å². The van der Waals surface area contributed by atoms with E-state index >= 15 is 0 Å². The molecule has 0 fully saturated rings. The molecule has 1 amide bonds. The minimum absolute atomic E-state index is 0.0804. The normalized spacial score (nSPS) is 12.7. The minimum atomic E-state index is -0.0804. The van der Waals surface area contributed by atoms with E-state index in [0.29, 0.717) is 12.1 Å². The number of aromatic nitrogens is 1. The van der Waals surface area contributed by atoms with E-state index in [4.69, 9.17) is 4.74 Å². The summed E-state index contributed by atoms with van der Waals surface area (Å²) in [5.41, 5.74) is 6.61. The molecule has 0 saturated carbocycles. The monoisotopic (exact) mass is 387 g/mol. The Labute approximate surface area is 171 Å². The van der Waals surface area contributed by atoms with Crippen molar-refractivity contribution >= 4 is 11.6 Å². The highest BCUT2D eigenvalue weighted by Gasteiger charge is 2.19. The number of nitrogens with zero attached hydrogens (tertiary/aromatic N) is 2. The van der Waals surface area contributed by atoms with Crippen LogP contribution < -0.4 is 10.2 Å².